The maximum Gasteiger partial charge on any atom is 0.431 e. The zero-order chi connectivity index (χ0) is 13.3. The molecule has 1 N–H and O–H groups in total. The van der Waals surface area contributed by atoms with Crippen LogP contribution in [0.2, 0.25) is 0 Å². The van der Waals surface area contributed by atoms with Gasteiger partial charge in [0.25, 0.3) is 0 Å². The zero-order valence-corrected chi connectivity index (χ0v) is 9.57. The standard InChI is InChI=1S/C11H6F4N2S/c12-7-3-1-6(2-4-7)8-5-9(11(13,14)15)17-10(18)16-8/h1-5H,(H,16,17,18). The van der Waals surface area contributed by atoms with E-state index in [1.54, 1.807) is 0 Å². The minimum absolute atomic E-state index is 0.0473. The Morgan fingerprint density at radius 1 is 1.11 bits per heavy atom. The summed E-state index contributed by atoms with van der Waals surface area (Å²) in [5, 5.41) is 0. The smallest absolute Gasteiger partial charge is 0.327 e. The van der Waals surface area contributed by atoms with Gasteiger partial charge in [-0.05, 0) is 42.5 Å². The molecule has 1 aromatic carbocycles. The van der Waals surface area contributed by atoms with Crippen LogP contribution >= 0.6 is 12.2 Å². The number of aromatic amines is 1. The van der Waals surface area contributed by atoms with E-state index in [0.29, 0.717) is 5.56 Å². The van der Waals surface area contributed by atoms with Crippen molar-refractivity contribution in [1.29, 1.82) is 0 Å². The van der Waals surface area contributed by atoms with Gasteiger partial charge in [-0.2, -0.15) is 13.2 Å². The third-order valence-corrected chi connectivity index (χ3v) is 2.38. The number of H-pyrrole nitrogens is 1. The molecule has 2 rings (SSSR count). The van der Waals surface area contributed by atoms with Gasteiger partial charge in [0.15, 0.2) is 4.77 Å². The van der Waals surface area contributed by atoms with Gasteiger partial charge in [-0.25, -0.2) is 9.37 Å². The van der Waals surface area contributed by atoms with Crippen molar-refractivity contribution in [3.63, 3.8) is 0 Å². The van der Waals surface area contributed by atoms with E-state index in [1.165, 1.54) is 12.1 Å². The Morgan fingerprint density at radius 2 is 1.72 bits per heavy atom. The molecule has 0 aliphatic carbocycles. The van der Waals surface area contributed by atoms with Gasteiger partial charge in [0, 0.05) is 5.56 Å². The summed E-state index contributed by atoms with van der Waals surface area (Å²) >= 11 is 4.64. The third kappa shape index (κ3) is 2.73. The lowest BCUT2D eigenvalue weighted by Crippen LogP contribution is -2.09. The van der Waals surface area contributed by atoms with Gasteiger partial charge in [0.05, 0.1) is 5.69 Å². The summed E-state index contributed by atoms with van der Waals surface area (Å²) in [6.45, 7) is 0. The Labute approximate surface area is 104 Å². The van der Waals surface area contributed by atoms with Gasteiger partial charge in [-0.3, -0.25) is 0 Å². The lowest BCUT2D eigenvalue weighted by molar-refractivity contribution is -0.141. The quantitative estimate of drug-likeness (QED) is 0.629. The van der Waals surface area contributed by atoms with Gasteiger partial charge in [-0.15, -0.1) is 0 Å². The van der Waals surface area contributed by atoms with E-state index in [0.717, 1.165) is 18.2 Å². The van der Waals surface area contributed by atoms with Crippen molar-refractivity contribution in [2.75, 3.05) is 0 Å². The molecule has 0 spiro atoms. The third-order valence-electron chi connectivity index (χ3n) is 2.19. The maximum absolute atomic E-state index is 12.7. The Hall–Kier alpha value is -1.76. The van der Waals surface area contributed by atoms with Crippen molar-refractivity contribution in [3.05, 3.63) is 46.6 Å². The molecule has 0 aliphatic heterocycles. The first-order valence-electron chi connectivity index (χ1n) is 4.81. The number of aromatic nitrogens is 2. The van der Waals surface area contributed by atoms with Crippen molar-refractivity contribution in [2.24, 2.45) is 0 Å². The van der Waals surface area contributed by atoms with E-state index in [4.69, 9.17) is 0 Å². The lowest BCUT2D eigenvalue weighted by atomic mass is 10.1. The maximum atomic E-state index is 12.7. The SMILES string of the molecule is Fc1ccc(-c2cc(C(F)(F)F)[nH]c(=S)n2)cc1. The van der Waals surface area contributed by atoms with Gasteiger partial charge >= 0.3 is 6.18 Å². The molecule has 0 amide bonds. The molecule has 2 aromatic rings. The molecule has 18 heavy (non-hydrogen) atoms. The van der Waals surface area contributed by atoms with Gasteiger partial charge in [0.1, 0.15) is 11.5 Å². The number of halogens is 4. The normalized spacial score (nSPS) is 11.6. The van der Waals surface area contributed by atoms with E-state index >= 15 is 0 Å². The summed E-state index contributed by atoms with van der Waals surface area (Å²) in [5.74, 6) is -0.476. The molecule has 94 valence electrons. The van der Waals surface area contributed by atoms with Crippen molar-refractivity contribution in [1.82, 2.24) is 9.97 Å². The molecule has 1 heterocycles. The number of hydrogen-bond donors (Lipinski definition) is 1. The first kappa shape index (κ1) is 12.7. The molecule has 0 saturated heterocycles. The zero-order valence-electron chi connectivity index (χ0n) is 8.75. The number of benzene rings is 1. The van der Waals surface area contributed by atoms with Gasteiger partial charge in [-0.1, -0.05) is 0 Å². The largest absolute Gasteiger partial charge is 0.431 e. The van der Waals surface area contributed by atoms with E-state index in [9.17, 15) is 17.6 Å². The number of hydrogen-bond acceptors (Lipinski definition) is 2. The molecule has 0 unspecified atom stereocenters. The Kier molecular flexibility index (Phi) is 3.16. The van der Waals surface area contributed by atoms with E-state index in [2.05, 4.69) is 17.2 Å². The number of nitrogens with zero attached hydrogens (tertiary/aromatic N) is 1. The summed E-state index contributed by atoms with van der Waals surface area (Å²) in [6.07, 6.45) is -4.54. The highest BCUT2D eigenvalue weighted by Gasteiger charge is 2.32. The average Bonchev–Trinajstić information content (AvgIpc) is 2.28. The van der Waals surface area contributed by atoms with Crippen molar-refractivity contribution in [3.8, 4) is 11.3 Å². The Balaban J connectivity index is 2.55. The molecule has 2 nitrogen and oxygen atoms in total. The predicted octanol–water partition coefficient (Wildman–Crippen LogP) is 3.96. The van der Waals surface area contributed by atoms with Crippen LogP contribution in [0.25, 0.3) is 11.3 Å². The minimum Gasteiger partial charge on any atom is -0.327 e. The molecule has 0 aliphatic rings. The minimum atomic E-state index is -4.54. The van der Waals surface area contributed by atoms with Crippen LogP contribution in [0.3, 0.4) is 0 Å². The fourth-order valence-corrected chi connectivity index (χ4v) is 1.59. The molecular weight excluding hydrogens is 268 g/mol. The van der Waals surface area contributed by atoms with Crippen LogP contribution in [0.1, 0.15) is 5.69 Å². The van der Waals surface area contributed by atoms with Crippen LogP contribution < -0.4 is 0 Å². The summed E-state index contributed by atoms with van der Waals surface area (Å²) < 4.78 is 50.1. The van der Waals surface area contributed by atoms with Crippen LogP contribution in [0.4, 0.5) is 17.6 Å². The first-order chi connectivity index (χ1) is 8.36. The number of alkyl halides is 3. The molecule has 0 bridgehead atoms. The second kappa shape index (κ2) is 4.49. The summed E-state index contributed by atoms with van der Waals surface area (Å²) in [6, 6.07) is 5.80. The first-order valence-corrected chi connectivity index (χ1v) is 5.21. The van der Waals surface area contributed by atoms with Crippen molar-refractivity contribution in [2.45, 2.75) is 6.18 Å². The summed E-state index contributed by atoms with van der Waals surface area (Å²) in [5.41, 5.74) is -0.574. The monoisotopic (exact) mass is 274 g/mol. The Bertz CT molecular complexity index is 616. The van der Waals surface area contributed by atoms with Crippen LogP contribution in [-0.4, -0.2) is 9.97 Å². The Morgan fingerprint density at radius 3 is 2.28 bits per heavy atom. The second-order valence-corrected chi connectivity index (χ2v) is 3.88. The highest BCUT2D eigenvalue weighted by Crippen LogP contribution is 2.29. The molecule has 0 atom stereocenters. The molecule has 0 radical (unpaired) electrons. The molecule has 1 aromatic heterocycles. The molecular formula is C11H6F4N2S. The van der Waals surface area contributed by atoms with Crippen LogP contribution in [0.5, 0.6) is 0 Å². The topological polar surface area (TPSA) is 28.7 Å². The van der Waals surface area contributed by atoms with Crippen LogP contribution in [-0.2, 0) is 6.18 Å². The molecule has 7 heteroatoms. The molecule has 0 fully saturated rings. The molecule has 0 saturated carbocycles. The van der Waals surface area contributed by atoms with Crippen molar-refractivity contribution >= 4 is 12.2 Å². The predicted molar refractivity (Wildman–Crippen MR) is 59.8 cm³/mol. The van der Waals surface area contributed by atoms with Gasteiger partial charge < -0.3 is 4.98 Å². The summed E-state index contributed by atoms with van der Waals surface area (Å²) in [4.78, 5) is 5.76. The van der Waals surface area contributed by atoms with Gasteiger partial charge in [0.2, 0.25) is 0 Å². The average molecular weight is 274 g/mol. The van der Waals surface area contributed by atoms with Crippen LogP contribution in [0.15, 0.2) is 30.3 Å². The second-order valence-electron chi connectivity index (χ2n) is 3.49. The van der Waals surface area contributed by atoms with Crippen molar-refractivity contribution < 1.29 is 17.6 Å². The number of rotatable bonds is 1. The van der Waals surface area contributed by atoms with Crippen LogP contribution in [0, 0.1) is 10.6 Å². The summed E-state index contributed by atoms with van der Waals surface area (Å²) in [7, 11) is 0. The highest BCUT2D eigenvalue weighted by molar-refractivity contribution is 7.71. The fourth-order valence-electron chi connectivity index (χ4n) is 1.38. The van der Waals surface area contributed by atoms with E-state index in [-0.39, 0.29) is 10.5 Å². The lowest BCUT2D eigenvalue weighted by Gasteiger charge is -2.08. The highest BCUT2D eigenvalue weighted by atomic mass is 32.1. The number of nitrogens with one attached hydrogen (secondary N) is 1. The van der Waals surface area contributed by atoms with E-state index < -0.39 is 17.7 Å². The van der Waals surface area contributed by atoms with E-state index in [1.807, 2.05) is 4.98 Å². The fraction of sp³-hybridized carbons (Fsp3) is 0.0909.